The molecule has 2 aromatic carbocycles. The highest BCUT2D eigenvalue weighted by molar-refractivity contribution is 6.31. The molecule has 0 aliphatic carbocycles. The van der Waals surface area contributed by atoms with E-state index >= 15 is 0 Å². The molecule has 2 aromatic heterocycles. The number of aliphatic hydroxyl groups excluding tert-OH is 2. The van der Waals surface area contributed by atoms with Gasteiger partial charge in [0, 0.05) is 54.4 Å². The lowest BCUT2D eigenvalue weighted by atomic mass is 10.1. The molecule has 10 heteroatoms. The first-order valence-electron chi connectivity index (χ1n) is 12.4. The second-order valence-corrected chi connectivity index (χ2v) is 9.61. The fourth-order valence-electron chi connectivity index (χ4n) is 4.73. The van der Waals surface area contributed by atoms with E-state index in [0.29, 0.717) is 24.5 Å². The lowest BCUT2D eigenvalue weighted by molar-refractivity contribution is 0.133. The first-order valence-corrected chi connectivity index (χ1v) is 12.8. The molecular formula is C27H30ClFN6O2. The van der Waals surface area contributed by atoms with Crippen molar-refractivity contribution in [1.29, 1.82) is 0 Å². The Labute approximate surface area is 219 Å². The Hall–Kier alpha value is -3.08. The van der Waals surface area contributed by atoms with Gasteiger partial charge in [0.25, 0.3) is 0 Å². The molecule has 3 heterocycles. The number of fused-ring (bicyclic) bond motifs is 1. The van der Waals surface area contributed by atoms with Crippen molar-refractivity contribution in [2.24, 2.45) is 0 Å². The molecule has 0 bridgehead atoms. The van der Waals surface area contributed by atoms with Crippen LogP contribution in [-0.2, 0) is 6.42 Å². The Morgan fingerprint density at radius 1 is 1.08 bits per heavy atom. The molecule has 8 nitrogen and oxygen atoms in total. The van der Waals surface area contributed by atoms with Crippen LogP contribution in [0.3, 0.4) is 0 Å². The van der Waals surface area contributed by atoms with Crippen LogP contribution in [0.1, 0.15) is 30.2 Å². The number of likely N-dealkylation sites (tertiary alicyclic amines) is 1. The predicted octanol–water partition coefficient (Wildman–Crippen LogP) is 4.17. The summed E-state index contributed by atoms with van der Waals surface area (Å²) in [6.45, 7) is 3.78. The van der Waals surface area contributed by atoms with Crippen LogP contribution in [0.15, 0.2) is 55.1 Å². The number of anilines is 2. The van der Waals surface area contributed by atoms with Gasteiger partial charge in [-0.3, -0.25) is 5.32 Å². The van der Waals surface area contributed by atoms with Gasteiger partial charge in [-0.1, -0.05) is 11.6 Å². The van der Waals surface area contributed by atoms with E-state index in [9.17, 15) is 14.6 Å². The van der Waals surface area contributed by atoms with Gasteiger partial charge in [0.2, 0.25) is 0 Å². The molecule has 1 fully saturated rings. The van der Waals surface area contributed by atoms with E-state index in [4.69, 9.17) is 11.6 Å². The molecule has 5 rings (SSSR count). The third kappa shape index (κ3) is 5.92. The van der Waals surface area contributed by atoms with E-state index < -0.39 is 12.0 Å². The van der Waals surface area contributed by atoms with Crippen molar-refractivity contribution in [1.82, 2.24) is 24.8 Å². The van der Waals surface area contributed by atoms with Gasteiger partial charge < -0.3 is 25.0 Å². The summed E-state index contributed by atoms with van der Waals surface area (Å²) in [4.78, 5) is 11.1. The van der Waals surface area contributed by atoms with Crippen LogP contribution in [0, 0.1) is 5.82 Å². The van der Waals surface area contributed by atoms with Crippen LogP contribution >= 0.6 is 11.6 Å². The fourth-order valence-corrected chi connectivity index (χ4v) is 4.91. The fraction of sp³-hybridized carbons (Fsp3) is 0.333. The molecule has 1 saturated heterocycles. The topological polar surface area (TPSA) is 98.5 Å². The molecule has 194 valence electrons. The Balaban J connectivity index is 1.40. The van der Waals surface area contributed by atoms with Gasteiger partial charge in [-0.2, -0.15) is 0 Å². The van der Waals surface area contributed by atoms with Crippen LogP contribution in [0.2, 0.25) is 5.02 Å². The second kappa shape index (κ2) is 11.5. The molecular weight excluding hydrogens is 495 g/mol. The maximum Gasteiger partial charge on any atom is 0.141 e. The molecule has 1 aliphatic heterocycles. The number of aromatic nitrogens is 3. The molecule has 0 spiro atoms. The van der Waals surface area contributed by atoms with Crippen LogP contribution in [0.4, 0.5) is 15.9 Å². The third-order valence-electron chi connectivity index (χ3n) is 6.68. The zero-order chi connectivity index (χ0) is 25.8. The number of aliphatic hydroxyl groups is 2. The quantitative estimate of drug-likeness (QED) is 0.231. The zero-order valence-corrected chi connectivity index (χ0v) is 21.1. The van der Waals surface area contributed by atoms with Crippen molar-refractivity contribution in [3.05, 3.63) is 77.1 Å². The maximum atomic E-state index is 13.6. The zero-order valence-electron chi connectivity index (χ0n) is 20.4. The molecule has 0 amide bonds. The Morgan fingerprint density at radius 3 is 2.70 bits per heavy atom. The monoisotopic (exact) mass is 524 g/mol. The number of nitrogens with zero attached hydrogens (tertiary/aromatic N) is 4. The van der Waals surface area contributed by atoms with Crippen LogP contribution in [0.25, 0.3) is 16.6 Å². The molecule has 0 radical (unpaired) electrons. The summed E-state index contributed by atoms with van der Waals surface area (Å²) in [6.07, 6.45) is 7.34. The molecule has 1 aliphatic rings. The highest BCUT2D eigenvalue weighted by atomic mass is 35.5. The number of hydrogen-bond donors (Lipinski definition) is 4. The minimum absolute atomic E-state index is 0.0165. The first kappa shape index (κ1) is 25.6. The highest BCUT2D eigenvalue weighted by Gasteiger charge is 2.17. The summed E-state index contributed by atoms with van der Waals surface area (Å²) in [7, 11) is 0. The van der Waals surface area contributed by atoms with E-state index in [1.165, 1.54) is 31.3 Å². The standard InChI is InChI=1S/C27H30ClFN6O2/c28-23-13-19(3-5-24(23)29)33-26-21-14-20(4-6-25(21)31-17-32-26)35-15-18(7-12-36)22(16-35)27(37)30-8-11-34-9-1-2-10-34/h3-6,13-17,27,30,36-37H,1-2,7-12H2,(H,31,32,33). The number of hydrogen-bond acceptors (Lipinski definition) is 7. The number of halogens is 2. The lowest BCUT2D eigenvalue weighted by Gasteiger charge is -2.18. The van der Waals surface area contributed by atoms with Crippen molar-refractivity contribution in [3.8, 4) is 5.69 Å². The number of benzene rings is 2. The van der Waals surface area contributed by atoms with E-state index in [2.05, 4.69) is 25.5 Å². The van der Waals surface area contributed by atoms with Gasteiger partial charge >= 0.3 is 0 Å². The summed E-state index contributed by atoms with van der Waals surface area (Å²) in [5.74, 6) is 0.0676. The largest absolute Gasteiger partial charge is 0.396 e. The van der Waals surface area contributed by atoms with Gasteiger partial charge in [0.05, 0.1) is 10.5 Å². The summed E-state index contributed by atoms with van der Waals surface area (Å²) < 4.78 is 15.5. The van der Waals surface area contributed by atoms with Gasteiger partial charge in [-0.25, -0.2) is 14.4 Å². The second-order valence-electron chi connectivity index (χ2n) is 9.20. The Kier molecular flexibility index (Phi) is 7.97. The molecule has 1 atom stereocenters. The molecule has 4 aromatic rings. The Bertz CT molecular complexity index is 1370. The van der Waals surface area contributed by atoms with E-state index in [0.717, 1.165) is 47.4 Å². The Morgan fingerprint density at radius 2 is 1.92 bits per heavy atom. The summed E-state index contributed by atoms with van der Waals surface area (Å²) >= 11 is 5.94. The summed E-state index contributed by atoms with van der Waals surface area (Å²) in [5.41, 5.74) is 3.79. The average Bonchev–Trinajstić information content (AvgIpc) is 3.57. The van der Waals surface area contributed by atoms with E-state index in [1.807, 2.05) is 35.2 Å². The van der Waals surface area contributed by atoms with Crippen molar-refractivity contribution >= 4 is 34.0 Å². The predicted molar refractivity (Wildman–Crippen MR) is 143 cm³/mol. The summed E-state index contributed by atoms with van der Waals surface area (Å²) in [6, 6.07) is 10.2. The number of nitrogens with one attached hydrogen (secondary N) is 2. The molecule has 1 unspecified atom stereocenters. The SMILES string of the molecule is OCCc1cn(-c2ccc3ncnc(Nc4ccc(F)c(Cl)c4)c3c2)cc1C(O)NCCN1CCCC1. The first-order chi connectivity index (χ1) is 18.0. The molecule has 4 N–H and O–H groups in total. The maximum absolute atomic E-state index is 13.6. The van der Waals surface area contributed by atoms with Gasteiger partial charge in [-0.05, 0) is 74.3 Å². The third-order valence-corrected chi connectivity index (χ3v) is 6.97. The van der Waals surface area contributed by atoms with Crippen molar-refractivity contribution < 1.29 is 14.6 Å². The van der Waals surface area contributed by atoms with E-state index in [-0.39, 0.29) is 11.6 Å². The van der Waals surface area contributed by atoms with Crippen LogP contribution < -0.4 is 10.6 Å². The lowest BCUT2D eigenvalue weighted by Crippen LogP contribution is -2.32. The van der Waals surface area contributed by atoms with Gasteiger partial charge in [-0.15, -0.1) is 0 Å². The molecule has 0 saturated carbocycles. The smallest absolute Gasteiger partial charge is 0.141 e. The average molecular weight is 525 g/mol. The van der Waals surface area contributed by atoms with Crippen LogP contribution in [-0.4, -0.2) is 62.4 Å². The van der Waals surface area contributed by atoms with Crippen molar-refractivity contribution in [2.45, 2.75) is 25.5 Å². The van der Waals surface area contributed by atoms with Gasteiger partial charge in [0.15, 0.2) is 0 Å². The van der Waals surface area contributed by atoms with E-state index in [1.54, 1.807) is 6.07 Å². The van der Waals surface area contributed by atoms with Crippen molar-refractivity contribution in [3.63, 3.8) is 0 Å². The molecule has 37 heavy (non-hydrogen) atoms. The minimum Gasteiger partial charge on any atom is -0.396 e. The minimum atomic E-state index is -0.838. The van der Waals surface area contributed by atoms with Gasteiger partial charge in [0.1, 0.15) is 24.2 Å². The number of rotatable bonds is 10. The normalized spacial score (nSPS) is 14.9. The van der Waals surface area contributed by atoms with Crippen molar-refractivity contribution in [2.75, 3.05) is 38.1 Å². The van der Waals surface area contributed by atoms with Crippen LogP contribution in [0.5, 0.6) is 0 Å². The summed E-state index contributed by atoms with van der Waals surface area (Å²) in [5, 5.41) is 27.7. The highest BCUT2D eigenvalue weighted by Crippen LogP contribution is 2.29.